The van der Waals surface area contributed by atoms with Crippen molar-refractivity contribution in [2.75, 3.05) is 13.7 Å². The number of carbonyl (C=O) groups excluding carboxylic acids is 1. The van der Waals surface area contributed by atoms with Crippen molar-refractivity contribution >= 4 is 68.8 Å². The Kier molecular flexibility index (Phi) is 7.03. The average Bonchev–Trinajstić information content (AvgIpc) is 3.01. The predicted molar refractivity (Wildman–Crippen MR) is 124 cm³/mol. The van der Waals surface area contributed by atoms with Crippen LogP contribution >= 0.6 is 46.0 Å². The number of carbonyl (C=O) groups is 1. The minimum absolute atomic E-state index is 0.196. The van der Waals surface area contributed by atoms with Crippen LogP contribution in [-0.2, 0) is 4.79 Å². The first-order chi connectivity index (χ1) is 13.5. The van der Waals surface area contributed by atoms with Crippen LogP contribution in [0.4, 0.5) is 5.69 Å². The number of nitrogens with one attached hydrogen (secondary N) is 1. The largest absolute Gasteiger partial charge is 0.493 e. The predicted octanol–water partition coefficient (Wildman–Crippen LogP) is 5.41. The molecule has 0 unspecified atom stereocenters. The van der Waals surface area contributed by atoms with Gasteiger partial charge in [0, 0.05) is 5.02 Å². The molecule has 1 aliphatic rings. The van der Waals surface area contributed by atoms with Crippen LogP contribution in [0, 0.1) is 3.57 Å². The van der Waals surface area contributed by atoms with E-state index in [2.05, 4.69) is 39.5 Å². The van der Waals surface area contributed by atoms with E-state index in [-0.39, 0.29) is 5.91 Å². The summed E-state index contributed by atoms with van der Waals surface area (Å²) in [6.07, 6.45) is 3.47. The number of amides is 1. The fraction of sp³-hybridized carbons (Fsp3) is 0.100. The molecule has 1 aliphatic heterocycles. The molecule has 2 aromatic rings. The van der Waals surface area contributed by atoms with Crippen molar-refractivity contribution in [1.29, 1.82) is 0 Å². The number of methoxy groups -OCH3 is 1. The van der Waals surface area contributed by atoms with Gasteiger partial charge >= 0.3 is 0 Å². The van der Waals surface area contributed by atoms with Crippen molar-refractivity contribution in [3.8, 4) is 11.5 Å². The summed E-state index contributed by atoms with van der Waals surface area (Å²) in [5.74, 6) is 1.05. The van der Waals surface area contributed by atoms with Crippen LogP contribution in [0.25, 0.3) is 6.08 Å². The molecule has 1 saturated heterocycles. The van der Waals surface area contributed by atoms with Crippen molar-refractivity contribution in [3.63, 3.8) is 0 Å². The van der Waals surface area contributed by atoms with Gasteiger partial charge in [0.2, 0.25) is 0 Å². The summed E-state index contributed by atoms with van der Waals surface area (Å²) in [7, 11) is 1.58. The van der Waals surface area contributed by atoms with E-state index in [0.29, 0.717) is 38.9 Å². The Hall–Kier alpha value is -1.97. The number of hydrogen-bond acceptors (Lipinski definition) is 5. The maximum atomic E-state index is 12.3. The van der Waals surface area contributed by atoms with Gasteiger partial charge in [-0.1, -0.05) is 24.3 Å². The fourth-order valence-corrected chi connectivity index (χ4v) is 4.12. The summed E-state index contributed by atoms with van der Waals surface area (Å²) in [4.78, 5) is 17.3. The van der Waals surface area contributed by atoms with Crippen LogP contribution in [-0.4, -0.2) is 24.8 Å². The lowest BCUT2D eigenvalue weighted by Crippen LogP contribution is -2.19. The molecule has 1 fully saturated rings. The number of hydrogen-bond donors (Lipinski definition) is 1. The smallest absolute Gasteiger partial charge is 0.264 e. The molecule has 1 N–H and O–H groups in total. The minimum atomic E-state index is -0.196. The van der Waals surface area contributed by atoms with Crippen LogP contribution in [0.15, 0.2) is 59.0 Å². The Morgan fingerprint density at radius 3 is 2.75 bits per heavy atom. The Morgan fingerprint density at radius 1 is 1.32 bits per heavy atom. The Bertz CT molecular complexity index is 974. The van der Waals surface area contributed by atoms with Crippen LogP contribution in [0.5, 0.6) is 11.5 Å². The average molecular weight is 527 g/mol. The second kappa shape index (κ2) is 9.49. The molecule has 1 amide bonds. The van der Waals surface area contributed by atoms with E-state index in [1.165, 1.54) is 11.8 Å². The fourth-order valence-electron chi connectivity index (χ4n) is 2.37. The summed E-state index contributed by atoms with van der Waals surface area (Å²) < 4.78 is 12.0. The molecule has 144 valence electrons. The lowest BCUT2D eigenvalue weighted by atomic mass is 10.2. The minimum Gasteiger partial charge on any atom is -0.493 e. The molecule has 0 aromatic heterocycles. The molecule has 0 radical (unpaired) electrons. The molecule has 28 heavy (non-hydrogen) atoms. The summed E-state index contributed by atoms with van der Waals surface area (Å²) >= 11 is 9.34. The van der Waals surface area contributed by atoms with Crippen LogP contribution in [0.3, 0.4) is 0 Å². The number of nitrogens with zero attached hydrogens (tertiary/aromatic N) is 1. The van der Waals surface area contributed by atoms with Gasteiger partial charge in [0.25, 0.3) is 5.91 Å². The first-order valence-corrected chi connectivity index (χ1v) is 10.4. The van der Waals surface area contributed by atoms with E-state index in [1.54, 1.807) is 43.5 Å². The first kappa shape index (κ1) is 20.8. The maximum absolute atomic E-state index is 12.3. The third-order valence-corrected chi connectivity index (χ3v) is 5.57. The van der Waals surface area contributed by atoms with Gasteiger partial charge in [-0.15, -0.1) is 0 Å². The molecule has 2 aromatic carbocycles. The lowest BCUT2D eigenvalue weighted by molar-refractivity contribution is -0.115. The summed E-state index contributed by atoms with van der Waals surface area (Å²) in [5, 5.41) is 3.93. The van der Waals surface area contributed by atoms with Gasteiger partial charge in [0.05, 0.1) is 21.3 Å². The van der Waals surface area contributed by atoms with Crippen LogP contribution in [0.2, 0.25) is 5.02 Å². The number of halogens is 2. The topological polar surface area (TPSA) is 59.9 Å². The van der Waals surface area contributed by atoms with Crippen molar-refractivity contribution < 1.29 is 14.3 Å². The van der Waals surface area contributed by atoms with Crippen molar-refractivity contribution in [3.05, 3.63) is 68.1 Å². The third-order valence-electron chi connectivity index (χ3n) is 3.60. The van der Waals surface area contributed by atoms with E-state index in [0.717, 1.165) is 9.13 Å². The molecular weight excluding hydrogens is 511 g/mol. The van der Waals surface area contributed by atoms with Crippen molar-refractivity contribution in [2.45, 2.75) is 0 Å². The zero-order chi connectivity index (χ0) is 20.1. The van der Waals surface area contributed by atoms with Crippen LogP contribution in [0.1, 0.15) is 5.56 Å². The second-order valence-electron chi connectivity index (χ2n) is 5.59. The lowest BCUT2D eigenvalue weighted by Gasteiger charge is -2.12. The number of ether oxygens (including phenoxy) is 2. The van der Waals surface area contributed by atoms with Crippen molar-refractivity contribution in [2.24, 2.45) is 4.99 Å². The number of rotatable bonds is 6. The molecular formula is C20H16ClIN2O3S. The molecule has 3 rings (SSSR count). The quantitative estimate of drug-likeness (QED) is 0.311. The highest BCUT2D eigenvalue weighted by molar-refractivity contribution is 14.1. The highest BCUT2D eigenvalue weighted by Crippen LogP contribution is 2.36. The zero-order valence-electron chi connectivity index (χ0n) is 14.9. The van der Waals surface area contributed by atoms with Gasteiger partial charge < -0.3 is 14.8 Å². The van der Waals surface area contributed by atoms with Crippen LogP contribution < -0.4 is 14.8 Å². The maximum Gasteiger partial charge on any atom is 0.264 e. The number of aliphatic imine (C=N–C) groups is 1. The summed E-state index contributed by atoms with van der Waals surface area (Å²) in [6, 6.07) is 10.8. The molecule has 0 aliphatic carbocycles. The Balaban J connectivity index is 1.85. The van der Waals surface area contributed by atoms with Crippen molar-refractivity contribution in [1.82, 2.24) is 5.32 Å². The monoisotopic (exact) mass is 526 g/mol. The normalized spacial score (nSPS) is 16.3. The van der Waals surface area contributed by atoms with E-state index in [1.807, 2.05) is 12.1 Å². The summed E-state index contributed by atoms with van der Waals surface area (Å²) in [5.41, 5.74) is 1.55. The second-order valence-corrected chi connectivity index (χ2v) is 8.22. The molecule has 0 spiro atoms. The SMILES string of the molecule is C=CCOc1c(I)cc(/C=C2\SC(=Nc3ccc(Cl)cc3)NC2=O)cc1OC. The van der Waals surface area contributed by atoms with E-state index < -0.39 is 0 Å². The highest BCUT2D eigenvalue weighted by Gasteiger charge is 2.24. The van der Waals surface area contributed by atoms with Gasteiger partial charge in [-0.25, -0.2) is 4.99 Å². The Labute approximate surface area is 186 Å². The third kappa shape index (κ3) is 5.09. The molecule has 8 heteroatoms. The van der Waals surface area contributed by atoms with Gasteiger partial charge in [0.15, 0.2) is 16.7 Å². The molecule has 0 bridgehead atoms. The molecule has 0 saturated carbocycles. The van der Waals surface area contributed by atoms with Gasteiger partial charge in [0.1, 0.15) is 6.61 Å². The molecule has 5 nitrogen and oxygen atoms in total. The Morgan fingerprint density at radius 2 is 2.07 bits per heavy atom. The van der Waals surface area contributed by atoms with E-state index in [9.17, 15) is 4.79 Å². The number of benzene rings is 2. The standard InChI is InChI=1S/C20H16ClIN2O3S/c1-3-8-27-18-15(22)9-12(10-16(18)26-2)11-17-19(25)24-20(28-17)23-14-6-4-13(21)5-7-14/h3-7,9-11H,1,8H2,2H3,(H,23,24,25)/b17-11-. The van der Waals surface area contributed by atoms with E-state index in [4.69, 9.17) is 21.1 Å². The van der Waals surface area contributed by atoms with E-state index >= 15 is 0 Å². The molecule has 0 atom stereocenters. The molecule has 1 heterocycles. The first-order valence-electron chi connectivity index (χ1n) is 8.16. The number of thioether (sulfide) groups is 1. The summed E-state index contributed by atoms with van der Waals surface area (Å²) in [6.45, 7) is 4.04. The number of amidine groups is 1. The van der Waals surface area contributed by atoms with Gasteiger partial charge in [-0.2, -0.15) is 0 Å². The zero-order valence-corrected chi connectivity index (χ0v) is 18.6. The van der Waals surface area contributed by atoms with Gasteiger partial charge in [-0.3, -0.25) is 4.79 Å². The highest BCUT2D eigenvalue weighted by atomic mass is 127. The van der Waals surface area contributed by atoms with Gasteiger partial charge in [-0.05, 0) is 82.4 Å².